The Morgan fingerprint density at radius 3 is 2.72 bits per heavy atom. The van der Waals surface area contributed by atoms with Gasteiger partial charge < -0.3 is 14.9 Å². The first-order valence-corrected chi connectivity index (χ1v) is 9.38. The number of carbonyl (C=O) groups excluding carboxylic acids is 1. The molecule has 9 heteroatoms. The molecule has 0 bridgehead atoms. The molecule has 0 radical (unpaired) electrons. The average molecular weight is 365 g/mol. The molecule has 134 valence electrons. The van der Waals surface area contributed by atoms with Gasteiger partial charge in [-0.25, -0.2) is 4.79 Å². The van der Waals surface area contributed by atoms with Gasteiger partial charge in [-0.3, -0.25) is 4.79 Å². The summed E-state index contributed by atoms with van der Waals surface area (Å²) in [6, 6.07) is 4.93. The van der Waals surface area contributed by atoms with Crippen molar-refractivity contribution < 1.29 is 23.1 Å². The van der Waals surface area contributed by atoms with Gasteiger partial charge in [0.2, 0.25) is 5.91 Å². The lowest BCUT2D eigenvalue weighted by Gasteiger charge is -2.30. The molecule has 2 heterocycles. The third-order valence-corrected chi connectivity index (χ3v) is 6.03. The van der Waals surface area contributed by atoms with Crippen LogP contribution in [0.5, 0.6) is 0 Å². The minimum atomic E-state index is -3.76. The van der Waals surface area contributed by atoms with Gasteiger partial charge in [0.25, 0.3) is 10.0 Å². The number of carbonyl (C=O) groups is 2. The quantitative estimate of drug-likeness (QED) is 0.837. The lowest BCUT2D eigenvalue weighted by Crippen LogP contribution is -2.50. The molecule has 2 aliphatic rings. The third kappa shape index (κ3) is 2.88. The van der Waals surface area contributed by atoms with Crippen LogP contribution in [-0.2, 0) is 19.6 Å². The van der Waals surface area contributed by atoms with Gasteiger partial charge in [-0.2, -0.15) is 8.42 Å². The highest BCUT2D eigenvalue weighted by Crippen LogP contribution is 2.31. The summed E-state index contributed by atoms with van der Waals surface area (Å²) < 4.78 is 28.4. The summed E-state index contributed by atoms with van der Waals surface area (Å²) >= 11 is 0. The highest BCUT2D eigenvalue weighted by Gasteiger charge is 2.41. The third-order valence-electron chi connectivity index (χ3n) is 4.71. The molecule has 1 unspecified atom stereocenters. The number of carboxylic acid groups (broad SMARTS) is 1. The van der Waals surface area contributed by atoms with Gasteiger partial charge in [-0.15, -0.1) is 4.40 Å². The SMILES string of the molecule is CC(C(=O)O)N(C)C(=O)[C@@H]1CCCN1C1=NS(=O)(=O)c2ccccc21. The summed E-state index contributed by atoms with van der Waals surface area (Å²) in [5.41, 5.74) is 0.483. The van der Waals surface area contributed by atoms with Gasteiger partial charge in [-0.05, 0) is 31.9 Å². The van der Waals surface area contributed by atoms with Crippen LogP contribution in [0, 0.1) is 0 Å². The Labute approximate surface area is 145 Å². The van der Waals surface area contributed by atoms with Crippen LogP contribution in [0.1, 0.15) is 25.3 Å². The molecule has 1 fully saturated rings. The molecule has 0 saturated carbocycles. The van der Waals surface area contributed by atoms with Crippen molar-refractivity contribution in [3.05, 3.63) is 29.8 Å². The second-order valence-corrected chi connectivity index (χ2v) is 7.77. The molecular formula is C16H19N3O5S. The summed E-state index contributed by atoms with van der Waals surface area (Å²) in [6.45, 7) is 1.93. The fourth-order valence-corrected chi connectivity index (χ4v) is 4.38. The molecule has 2 atom stereocenters. The maximum absolute atomic E-state index is 12.7. The van der Waals surface area contributed by atoms with E-state index in [1.54, 1.807) is 23.1 Å². The topological polar surface area (TPSA) is 107 Å². The first-order valence-electron chi connectivity index (χ1n) is 7.94. The van der Waals surface area contributed by atoms with E-state index in [9.17, 15) is 18.0 Å². The highest BCUT2D eigenvalue weighted by atomic mass is 32.2. The minimum absolute atomic E-state index is 0.135. The van der Waals surface area contributed by atoms with E-state index in [0.29, 0.717) is 24.9 Å². The number of likely N-dealkylation sites (N-methyl/N-ethyl adjacent to an activating group) is 1. The predicted molar refractivity (Wildman–Crippen MR) is 89.8 cm³/mol. The van der Waals surface area contributed by atoms with Gasteiger partial charge >= 0.3 is 5.97 Å². The first-order chi connectivity index (χ1) is 11.7. The van der Waals surface area contributed by atoms with Crippen LogP contribution in [0.15, 0.2) is 33.6 Å². The molecule has 2 aliphatic heterocycles. The number of amides is 1. The number of nitrogens with zero attached hydrogens (tertiary/aromatic N) is 3. The monoisotopic (exact) mass is 365 g/mol. The number of hydrogen-bond donors (Lipinski definition) is 1. The molecule has 0 spiro atoms. The maximum atomic E-state index is 12.7. The molecule has 8 nitrogen and oxygen atoms in total. The molecule has 1 aromatic rings. The zero-order valence-corrected chi connectivity index (χ0v) is 14.7. The van der Waals surface area contributed by atoms with Crippen molar-refractivity contribution >= 4 is 27.7 Å². The van der Waals surface area contributed by atoms with Crippen LogP contribution in [0.4, 0.5) is 0 Å². The molecule has 1 amide bonds. The lowest BCUT2D eigenvalue weighted by atomic mass is 10.1. The first kappa shape index (κ1) is 17.4. The number of rotatable bonds is 3. The number of likely N-dealkylation sites (tertiary alicyclic amines) is 1. The summed E-state index contributed by atoms with van der Waals surface area (Å²) in [5.74, 6) is -1.17. The lowest BCUT2D eigenvalue weighted by molar-refractivity contribution is -0.149. The normalized spacial score (nSPS) is 22.2. The van der Waals surface area contributed by atoms with Gasteiger partial charge in [0.15, 0.2) is 5.84 Å². The van der Waals surface area contributed by atoms with E-state index in [1.807, 2.05) is 0 Å². The molecule has 25 heavy (non-hydrogen) atoms. The Balaban J connectivity index is 1.93. The summed E-state index contributed by atoms with van der Waals surface area (Å²) in [6.07, 6.45) is 1.23. The number of amidine groups is 1. The van der Waals surface area contributed by atoms with Gasteiger partial charge in [-0.1, -0.05) is 12.1 Å². The number of benzene rings is 1. The zero-order valence-electron chi connectivity index (χ0n) is 13.9. The summed E-state index contributed by atoms with van der Waals surface area (Å²) in [5, 5.41) is 9.11. The van der Waals surface area contributed by atoms with Crippen LogP contribution in [0.2, 0.25) is 0 Å². The Hall–Kier alpha value is -2.42. The number of sulfonamides is 1. The Bertz CT molecular complexity index is 864. The van der Waals surface area contributed by atoms with Crippen molar-refractivity contribution in [2.75, 3.05) is 13.6 Å². The Morgan fingerprint density at radius 2 is 2.04 bits per heavy atom. The average Bonchev–Trinajstić information content (AvgIpc) is 3.16. The zero-order chi connectivity index (χ0) is 18.4. The van der Waals surface area contributed by atoms with Crippen LogP contribution in [0.3, 0.4) is 0 Å². The molecule has 0 aromatic heterocycles. The fraction of sp³-hybridized carbons (Fsp3) is 0.438. The second-order valence-electron chi connectivity index (χ2n) is 6.20. The molecular weight excluding hydrogens is 346 g/mol. The second kappa shape index (κ2) is 6.14. The van der Waals surface area contributed by atoms with Gasteiger partial charge in [0.1, 0.15) is 17.0 Å². The Morgan fingerprint density at radius 1 is 1.36 bits per heavy atom. The van der Waals surface area contributed by atoms with E-state index in [1.165, 1.54) is 24.9 Å². The van der Waals surface area contributed by atoms with Crippen LogP contribution in [-0.4, -0.2) is 66.7 Å². The van der Waals surface area contributed by atoms with E-state index >= 15 is 0 Å². The Kier molecular flexibility index (Phi) is 4.28. The van der Waals surface area contributed by atoms with E-state index < -0.39 is 28.1 Å². The standard InChI is InChI=1S/C16H19N3O5S/c1-10(16(21)22)18(2)15(20)12-7-5-9-19(12)14-11-6-3-4-8-13(11)25(23,24)17-14/h3-4,6,8,10,12H,5,7,9H2,1-2H3,(H,21,22)/t10?,12-/m0/s1. The largest absolute Gasteiger partial charge is 0.480 e. The maximum Gasteiger partial charge on any atom is 0.326 e. The van der Waals surface area contributed by atoms with Crippen molar-refractivity contribution in [3.63, 3.8) is 0 Å². The molecule has 1 aromatic carbocycles. The van der Waals surface area contributed by atoms with Crippen LogP contribution >= 0.6 is 0 Å². The molecule has 0 aliphatic carbocycles. The van der Waals surface area contributed by atoms with E-state index in [0.717, 1.165) is 0 Å². The van der Waals surface area contributed by atoms with E-state index in [-0.39, 0.29) is 16.6 Å². The predicted octanol–water partition coefficient (Wildman–Crippen LogP) is 0.531. The molecule has 1 N–H and O–H groups in total. The summed E-state index contributed by atoms with van der Waals surface area (Å²) in [4.78, 5) is 26.9. The van der Waals surface area contributed by atoms with Crippen molar-refractivity contribution in [2.24, 2.45) is 4.40 Å². The smallest absolute Gasteiger partial charge is 0.326 e. The summed E-state index contributed by atoms with van der Waals surface area (Å²) in [7, 11) is -2.32. The van der Waals surface area contributed by atoms with Crippen molar-refractivity contribution in [2.45, 2.75) is 36.7 Å². The van der Waals surface area contributed by atoms with Crippen molar-refractivity contribution in [1.29, 1.82) is 0 Å². The number of fused-ring (bicyclic) bond motifs is 1. The van der Waals surface area contributed by atoms with Crippen molar-refractivity contribution in [3.8, 4) is 0 Å². The van der Waals surface area contributed by atoms with Crippen LogP contribution < -0.4 is 0 Å². The fourth-order valence-electron chi connectivity index (χ4n) is 3.16. The molecule has 1 saturated heterocycles. The minimum Gasteiger partial charge on any atom is -0.480 e. The number of aliphatic carboxylic acids is 1. The number of carboxylic acids is 1. The van der Waals surface area contributed by atoms with Gasteiger partial charge in [0, 0.05) is 19.2 Å². The van der Waals surface area contributed by atoms with Crippen LogP contribution in [0.25, 0.3) is 0 Å². The highest BCUT2D eigenvalue weighted by molar-refractivity contribution is 7.90. The molecule has 3 rings (SSSR count). The van der Waals surface area contributed by atoms with Gasteiger partial charge in [0.05, 0.1) is 0 Å². The van der Waals surface area contributed by atoms with E-state index in [4.69, 9.17) is 5.11 Å². The van der Waals surface area contributed by atoms with E-state index in [2.05, 4.69) is 4.40 Å². The van der Waals surface area contributed by atoms with Crippen molar-refractivity contribution in [1.82, 2.24) is 9.80 Å². The number of hydrogen-bond acceptors (Lipinski definition) is 5.